The Bertz CT molecular complexity index is 874. The molecule has 1 fully saturated rings. The van der Waals surface area contributed by atoms with Crippen molar-refractivity contribution in [3.05, 3.63) is 48.8 Å². The molecule has 0 amide bonds. The van der Waals surface area contributed by atoms with E-state index in [0.717, 1.165) is 22.2 Å². The van der Waals surface area contributed by atoms with Gasteiger partial charge in [-0.2, -0.15) is 5.10 Å². The Morgan fingerprint density at radius 1 is 1.00 bits per heavy atom. The van der Waals surface area contributed by atoms with Gasteiger partial charge in [0.15, 0.2) is 5.82 Å². The second kappa shape index (κ2) is 5.16. The van der Waals surface area contributed by atoms with E-state index in [9.17, 15) is 0 Å². The second-order valence-corrected chi connectivity index (χ2v) is 7.15. The largest absolute Gasteiger partial charge is 0.494 e. The zero-order valence-corrected chi connectivity index (χ0v) is 14.4. The van der Waals surface area contributed by atoms with Gasteiger partial charge >= 0.3 is 7.12 Å². The van der Waals surface area contributed by atoms with Crippen LogP contribution in [0.3, 0.4) is 0 Å². The third kappa shape index (κ3) is 2.34. The fourth-order valence-corrected chi connectivity index (χ4v) is 2.82. The van der Waals surface area contributed by atoms with E-state index in [2.05, 4.69) is 43.8 Å². The van der Waals surface area contributed by atoms with E-state index in [0.29, 0.717) is 0 Å². The fourth-order valence-electron chi connectivity index (χ4n) is 2.82. The van der Waals surface area contributed by atoms with Crippen molar-refractivity contribution in [3.63, 3.8) is 0 Å². The van der Waals surface area contributed by atoms with Crippen molar-refractivity contribution in [3.8, 4) is 5.82 Å². The van der Waals surface area contributed by atoms with Crippen LogP contribution in [-0.4, -0.2) is 33.1 Å². The van der Waals surface area contributed by atoms with Gasteiger partial charge in [0, 0.05) is 11.6 Å². The van der Waals surface area contributed by atoms with Crippen LogP contribution in [0, 0.1) is 0 Å². The summed E-state index contributed by atoms with van der Waals surface area (Å²) in [6.45, 7) is 8.24. The Morgan fingerprint density at radius 2 is 1.75 bits per heavy atom. The molecule has 1 aliphatic heterocycles. The van der Waals surface area contributed by atoms with Gasteiger partial charge in [0.2, 0.25) is 0 Å². The number of rotatable bonds is 2. The van der Waals surface area contributed by atoms with E-state index in [4.69, 9.17) is 9.31 Å². The molecule has 0 spiro atoms. The zero-order chi connectivity index (χ0) is 16.9. The lowest BCUT2D eigenvalue weighted by Crippen LogP contribution is -2.41. The molecule has 6 heteroatoms. The molecule has 0 unspecified atom stereocenters. The topological polar surface area (TPSA) is 49.2 Å². The Hall–Kier alpha value is -2.18. The third-order valence-electron chi connectivity index (χ3n) is 4.99. The van der Waals surface area contributed by atoms with Gasteiger partial charge < -0.3 is 9.31 Å². The molecule has 1 aromatic carbocycles. The minimum Gasteiger partial charge on any atom is -0.399 e. The molecule has 0 saturated carbocycles. The summed E-state index contributed by atoms with van der Waals surface area (Å²) in [6.07, 6.45) is 3.61. The molecule has 1 aliphatic rings. The van der Waals surface area contributed by atoms with E-state index in [-0.39, 0.29) is 18.3 Å². The first-order chi connectivity index (χ1) is 11.4. The summed E-state index contributed by atoms with van der Waals surface area (Å²) >= 11 is 0. The first-order valence-electron chi connectivity index (χ1n) is 8.12. The van der Waals surface area contributed by atoms with Gasteiger partial charge in [-0.1, -0.05) is 18.2 Å². The van der Waals surface area contributed by atoms with Crippen LogP contribution in [-0.2, 0) is 9.31 Å². The van der Waals surface area contributed by atoms with Gasteiger partial charge in [0.1, 0.15) is 0 Å². The van der Waals surface area contributed by atoms with E-state index >= 15 is 0 Å². The van der Waals surface area contributed by atoms with Gasteiger partial charge in [-0.3, -0.25) is 0 Å². The molecule has 0 atom stereocenters. The number of hydrogen-bond acceptors (Lipinski definition) is 4. The summed E-state index contributed by atoms with van der Waals surface area (Å²) in [6, 6.07) is 11.9. The molecule has 0 radical (unpaired) electrons. The van der Waals surface area contributed by atoms with Crippen LogP contribution < -0.4 is 5.46 Å². The molecule has 2 aromatic heterocycles. The highest BCUT2D eigenvalue weighted by Gasteiger charge is 2.51. The molecule has 0 aliphatic carbocycles. The summed E-state index contributed by atoms with van der Waals surface area (Å²) in [5.41, 5.74) is 1.27. The van der Waals surface area contributed by atoms with Crippen molar-refractivity contribution in [1.82, 2.24) is 14.8 Å². The average molecular weight is 321 g/mol. The van der Waals surface area contributed by atoms with Crippen molar-refractivity contribution in [1.29, 1.82) is 0 Å². The number of pyridine rings is 1. The SMILES string of the molecule is CC1(C)OB(c2ccc3cnn(-c4ccccn4)c3c2)OC1(C)C. The lowest BCUT2D eigenvalue weighted by molar-refractivity contribution is 0.00578. The highest BCUT2D eigenvalue weighted by Crippen LogP contribution is 2.36. The van der Waals surface area contributed by atoms with Gasteiger partial charge in [0.05, 0.1) is 22.9 Å². The highest BCUT2D eigenvalue weighted by atomic mass is 16.7. The van der Waals surface area contributed by atoms with Crippen molar-refractivity contribution >= 4 is 23.5 Å². The summed E-state index contributed by atoms with van der Waals surface area (Å²) in [7, 11) is -0.383. The van der Waals surface area contributed by atoms with Crippen LogP contribution in [0.15, 0.2) is 48.8 Å². The Morgan fingerprint density at radius 3 is 2.42 bits per heavy atom. The minimum atomic E-state index is -0.383. The molecular formula is C18H20BN3O2. The second-order valence-electron chi connectivity index (χ2n) is 7.15. The molecule has 0 N–H and O–H groups in total. The Balaban J connectivity index is 1.77. The Kier molecular flexibility index (Phi) is 3.30. The van der Waals surface area contributed by atoms with Crippen LogP contribution in [0.4, 0.5) is 0 Å². The van der Waals surface area contributed by atoms with Gasteiger partial charge in [-0.25, -0.2) is 9.67 Å². The standard InChI is InChI=1S/C18H20BN3O2/c1-17(2)18(3,4)24-19(23-17)14-9-8-13-12-21-22(15(13)11-14)16-7-5-6-10-20-16/h5-12H,1-4H3. The third-order valence-corrected chi connectivity index (χ3v) is 4.99. The molecule has 3 heterocycles. The van der Waals surface area contributed by atoms with Crippen LogP contribution in [0.1, 0.15) is 27.7 Å². The maximum atomic E-state index is 6.15. The molecular weight excluding hydrogens is 301 g/mol. The predicted molar refractivity (Wildman–Crippen MR) is 94.6 cm³/mol. The van der Waals surface area contributed by atoms with Crippen LogP contribution in [0.25, 0.3) is 16.7 Å². The van der Waals surface area contributed by atoms with Crippen LogP contribution in [0.2, 0.25) is 0 Å². The number of fused-ring (bicyclic) bond motifs is 1. The normalized spacial score (nSPS) is 19.1. The van der Waals surface area contributed by atoms with Gasteiger partial charge in [-0.05, 0) is 51.4 Å². The molecule has 3 aromatic rings. The first-order valence-corrected chi connectivity index (χ1v) is 8.12. The van der Waals surface area contributed by atoms with Crippen LogP contribution in [0.5, 0.6) is 0 Å². The molecule has 0 bridgehead atoms. The monoisotopic (exact) mass is 321 g/mol. The predicted octanol–water partition coefficient (Wildman–Crippen LogP) is 2.72. The maximum Gasteiger partial charge on any atom is 0.494 e. The minimum absolute atomic E-state index is 0.353. The van der Waals surface area contributed by atoms with E-state index in [1.807, 2.05) is 41.2 Å². The highest BCUT2D eigenvalue weighted by molar-refractivity contribution is 6.62. The molecule has 4 rings (SSSR count). The first kappa shape index (κ1) is 15.4. The smallest absolute Gasteiger partial charge is 0.399 e. The Labute approximate surface area is 141 Å². The van der Waals surface area contributed by atoms with Crippen LogP contribution >= 0.6 is 0 Å². The van der Waals surface area contributed by atoms with Crippen molar-refractivity contribution < 1.29 is 9.31 Å². The number of aromatic nitrogens is 3. The van der Waals surface area contributed by atoms with E-state index in [1.54, 1.807) is 6.20 Å². The molecule has 24 heavy (non-hydrogen) atoms. The summed E-state index contributed by atoms with van der Waals surface area (Å²) in [5, 5.41) is 5.52. The maximum absolute atomic E-state index is 6.15. The number of nitrogens with zero attached hydrogens (tertiary/aromatic N) is 3. The van der Waals surface area contributed by atoms with Gasteiger partial charge in [0.25, 0.3) is 0 Å². The zero-order valence-electron chi connectivity index (χ0n) is 14.4. The van der Waals surface area contributed by atoms with Crippen molar-refractivity contribution in [2.45, 2.75) is 38.9 Å². The summed E-state index contributed by atoms with van der Waals surface area (Å²) in [5.74, 6) is 0.790. The quantitative estimate of drug-likeness (QED) is 0.681. The van der Waals surface area contributed by atoms with Crippen molar-refractivity contribution in [2.75, 3.05) is 0 Å². The lowest BCUT2D eigenvalue weighted by atomic mass is 9.79. The number of hydrogen-bond donors (Lipinski definition) is 0. The lowest BCUT2D eigenvalue weighted by Gasteiger charge is -2.32. The molecule has 5 nitrogen and oxygen atoms in total. The molecule has 1 saturated heterocycles. The number of benzene rings is 1. The summed E-state index contributed by atoms with van der Waals surface area (Å²) < 4.78 is 14.1. The van der Waals surface area contributed by atoms with Gasteiger partial charge in [-0.15, -0.1) is 0 Å². The average Bonchev–Trinajstić information content (AvgIpc) is 3.06. The van der Waals surface area contributed by atoms with E-state index in [1.165, 1.54) is 0 Å². The summed E-state index contributed by atoms with van der Waals surface area (Å²) in [4.78, 5) is 4.38. The fraction of sp³-hybridized carbons (Fsp3) is 0.333. The molecule has 122 valence electrons. The van der Waals surface area contributed by atoms with E-state index < -0.39 is 0 Å². The van der Waals surface area contributed by atoms with Crippen molar-refractivity contribution in [2.24, 2.45) is 0 Å².